The monoisotopic (exact) mass is 535 g/mol. The van der Waals surface area contributed by atoms with Crippen LogP contribution in [0.25, 0.3) is 15.9 Å². The third kappa shape index (κ3) is 3.98. The molecule has 2 aromatic heterocycles. The summed E-state index contributed by atoms with van der Waals surface area (Å²) in [6.45, 7) is 4.02. The molecule has 184 valence electrons. The number of anilines is 1. The average Bonchev–Trinajstić information content (AvgIpc) is 3.41. The highest BCUT2D eigenvalue weighted by Gasteiger charge is 2.31. The molecule has 1 atom stereocenters. The number of aryl methyl sites for hydroxylation is 3. The summed E-state index contributed by atoms with van der Waals surface area (Å²) in [6, 6.07) is 13.8. The Labute approximate surface area is 223 Å². The third-order valence-corrected chi connectivity index (χ3v) is 9.69. The number of hydrogen-bond acceptors (Lipinski definition) is 5. The lowest BCUT2D eigenvalue weighted by molar-refractivity contribution is -0.116. The Morgan fingerprint density at radius 2 is 2.00 bits per heavy atom. The van der Waals surface area contributed by atoms with Gasteiger partial charge in [-0.05, 0) is 80.8 Å². The van der Waals surface area contributed by atoms with Crippen molar-refractivity contribution in [3.8, 4) is 5.69 Å². The average molecular weight is 536 g/mol. The van der Waals surface area contributed by atoms with E-state index in [4.69, 9.17) is 16.6 Å². The van der Waals surface area contributed by atoms with Crippen LogP contribution >= 0.6 is 34.7 Å². The van der Waals surface area contributed by atoms with Crippen molar-refractivity contribution < 1.29 is 4.79 Å². The number of carbonyl (C=O) groups excluding carboxylic acids is 1. The maximum absolute atomic E-state index is 14.0. The Hall–Kier alpha value is -2.61. The lowest BCUT2D eigenvalue weighted by atomic mass is 9.97. The Morgan fingerprint density at radius 3 is 2.83 bits per heavy atom. The second kappa shape index (κ2) is 9.36. The van der Waals surface area contributed by atoms with Crippen LogP contribution in [0, 0.1) is 6.92 Å². The molecule has 1 aliphatic carbocycles. The highest BCUT2D eigenvalue weighted by molar-refractivity contribution is 7.99. The van der Waals surface area contributed by atoms with Crippen molar-refractivity contribution in [2.75, 3.05) is 10.7 Å². The summed E-state index contributed by atoms with van der Waals surface area (Å²) in [7, 11) is 0. The van der Waals surface area contributed by atoms with E-state index in [9.17, 15) is 9.59 Å². The van der Waals surface area contributed by atoms with Gasteiger partial charge in [0.25, 0.3) is 5.56 Å². The predicted molar refractivity (Wildman–Crippen MR) is 149 cm³/mol. The summed E-state index contributed by atoms with van der Waals surface area (Å²) in [5.41, 5.74) is 4.87. The van der Waals surface area contributed by atoms with E-state index in [1.54, 1.807) is 15.9 Å². The van der Waals surface area contributed by atoms with Gasteiger partial charge in [-0.25, -0.2) is 4.98 Å². The minimum atomic E-state index is -0.0749. The molecule has 0 radical (unpaired) electrons. The molecular formula is C28H26ClN3O2S2. The third-order valence-electron chi connectivity index (χ3n) is 7.17. The van der Waals surface area contributed by atoms with Crippen LogP contribution in [0.4, 0.5) is 5.69 Å². The second-order valence-electron chi connectivity index (χ2n) is 9.59. The number of thiophene rings is 1. The number of para-hydroxylation sites is 1. The zero-order chi connectivity index (χ0) is 25.0. The fourth-order valence-corrected chi connectivity index (χ4v) is 7.72. The number of halogens is 1. The minimum Gasteiger partial charge on any atom is -0.308 e. The molecule has 5 nitrogen and oxygen atoms in total. The number of amides is 1. The fraction of sp³-hybridized carbons (Fsp3) is 0.321. The van der Waals surface area contributed by atoms with E-state index in [2.05, 4.69) is 13.0 Å². The molecule has 2 aliphatic rings. The Balaban J connectivity index is 1.42. The van der Waals surface area contributed by atoms with Crippen molar-refractivity contribution in [2.45, 2.75) is 57.1 Å². The van der Waals surface area contributed by atoms with Crippen LogP contribution in [-0.4, -0.2) is 27.3 Å². The zero-order valence-electron chi connectivity index (χ0n) is 20.2. The van der Waals surface area contributed by atoms with Gasteiger partial charge in [-0.1, -0.05) is 47.6 Å². The number of aromatic nitrogens is 2. The maximum Gasteiger partial charge on any atom is 0.267 e. The van der Waals surface area contributed by atoms with E-state index < -0.39 is 0 Å². The number of fused-ring (bicyclic) bond motifs is 4. The molecule has 6 rings (SSSR count). The van der Waals surface area contributed by atoms with E-state index >= 15 is 0 Å². The van der Waals surface area contributed by atoms with Gasteiger partial charge < -0.3 is 4.90 Å². The van der Waals surface area contributed by atoms with Gasteiger partial charge in [0, 0.05) is 21.6 Å². The lowest BCUT2D eigenvalue weighted by Gasteiger charge is -2.22. The van der Waals surface area contributed by atoms with Crippen molar-refractivity contribution in [2.24, 2.45) is 0 Å². The normalized spacial score (nSPS) is 16.9. The van der Waals surface area contributed by atoms with E-state index in [0.29, 0.717) is 15.9 Å². The van der Waals surface area contributed by atoms with Gasteiger partial charge >= 0.3 is 0 Å². The molecule has 1 aliphatic heterocycles. The Bertz CT molecular complexity index is 1580. The van der Waals surface area contributed by atoms with Crippen molar-refractivity contribution in [3.05, 3.63) is 79.4 Å². The largest absolute Gasteiger partial charge is 0.308 e. The number of hydrogen-bond donors (Lipinski definition) is 0. The smallest absolute Gasteiger partial charge is 0.267 e. The van der Waals surface area contributed by atoms with E-state index in [1.807, 2.05) is 48.2 Å². The molecule has 0 N–H and O–H groups in total. The van der Waals surface area contributed by atoms with E-state index in [-0.39, 0.29) is 23.3 Å². The lowest BCUT2D eigenvalue weighted by Crippen LogP contribution is -2.37. The molecule has 8 heteroatoms. The molecule has 0 saturated carbocycles. The summed E-state index contributed by atoms with van der Waals surface area (Å²) < 4.78 is 1.65. The van der Waals surface area contributed by atoms with Gasteiger partial charge in [-0.2, -0.15) is 0 Å². The van der Waals surface area contributed by atoms with E-state index in [0.717, 1.165) is 59.1 Å². The number of carbonyl (C=O) groups is 1. The molecule has 1 amide bonds. The molecule has 0 bridgehead atoms. The summed E-state index contributed by atoms with van der Waals surface area (Å²) in [5.74, 6) is 0.215. The quantitative estimate of drug-likeness (QED) is 0.225. The van der Waals surface area contributed by atoms with Gasteiger partial charge in [-0.3, -0.25) is 14.2 Å². The topological polar surface area (TPSA) is 55.2 Å². The first-order valence-electron chi connectivity index (χ1n) is 12.3. The predicted octanol–water partition coefficient (Wildman–Crippen LogP) is 6.36. The second-order valence-corrected chi connectivity index (χ2v) is 12.0. The number of rotatable bonds is 4. The van der Waals surface area contributed by atoms with Crippen molar-refractivity contribution in [1.82, 2.24) is 9.55 Å². The first-order valence-corrected chi connectivity index (χ1v) is 14.5. The number of thioether (sulfide) groups is 1. The van der Waals surface area contributed by atoms with Crippen LogP contribution < -0.4 is 10.5 Å². The Kier molecular flexibility index (Phi) is 6.18. The highest BCUT2D eigenvalue weighted by atomic mass is 35.5. The molecule has 2 aromatic carbocycles. The molecule has 3 heterocycles. The zero-order valence-corrected chi connectivity index (χ0v) is 22.6. The van der Waals surface area contributed by atoms with Crippen molar-refractivity contribution in [3.63, 3.8) is 0 Å². The number of benzene rings is 2. The van der Waals surface area contributed by atoms with Gasteiger partial charge in [0.15, 0.2) is 5.16 Å². The van der Waals surface area contributed by atoms with Crippen LogP contribution in [0.1, 0.15) is 41.3 Å². The van der Waals surface area contributed by atoms with E-state index in [1.165, 1.54) is 22.2 Å². The SMILES string of the molecule is Cc1ccc(-n2c(SCC(=O)N3c4ccccc4C[C@@H]3C)nc3sc4c(c3c2=O)CCCC4)cc1Cl. The minimum absolute atomic E-state index is 0.0192. The molecule has 0 spiro atoms. The van der Waals surface area contributed by atoms with Gasteiger partial charge in [0.1, 0.15) is 4.83 Å². The van der Waals surface area contributed by atoms with Gasteiger partial charge in [-0.15, -0.1) is 11.3 Å². The Morgan fingerprint density at radius 1 is 1.19 bits per heavy atom. The van der Waals surface area contributed by atoms with Crippen LogP contribution in [0.3, 0.4) is 0 Å². The maximum atomic E-state index is 14.0. The molecular weight excluding hydrogens is 510 g/mol. The standard InChI is InChI=1S/C28H26ClN3O2S2/c1-16-11-12-19(14-21(16)29)32-27(34)25-20-8-4-6-10-23(20)36-26(25)30-28(32)35-15-24(33)31-17(2)13-18-7-3-5-9-22(18)31/h3,5,7,9,11-12,14,17H,4,6,8,10,13,15H2,1-2H3/t17-/m0/s1. The summed E-state index contributed by atoms with van der Waals surface area (Å²) in [5, 5.41) is 1.85. The number of nitrogens with zero attached hydrogens (tertiary/aromatic N) is 3. The van der Waals surface area contributed by atoms with Crippen LogP contribution in [0.15, 0.2) is 52.4 Å². The molecule has 0 fully saturated rings. The fourth-order valence-electron chi connectivity index (χ4n) is 5.37. The summed E-state index contributed by atoms with van der Waals surface area (Å²) in [4.78, 5) is 36.3. The first-order chi connectivity index (χ1) is 17.4. The van der Waals surface area contributed by atoms with Crippen LogP contribution in [0.5, 0.6) is 0 Å². The molecule has 0 saturated heterocycles. The van der Waals surface area contributed by atoms with Crippen LogP contribution in [-0.2, 0) is 24.1 Å². The van der Waals surface area contributed by atoms with Crippen LogP contribution in [0.2, 0.25) is 5.02 Å². The summed E-state index contributed by atoms with van der Waals surface area (Å²) in [6.07, 6.45) is 5.00. The molecule has 4 aromatic rings. The molecule has 36 heavy (non-hydrogen) atoms. The summed E-state index contributed by atoms with van der Waals surface area (Å²) >= 11 is 9.41. The van der Waals surface area contributed by atoms with Crippen molar-refractivity contribution >= 4 is 56.5 Å². The highest BCUT2D eigenvalue weighted by Crippen LogP contribution is 2.36. The van der Waals surface area contributed by atoms with Gasteiger partial charge in [0.05, 0.1) is 16.8 Å². The van der Waals surface area contributed by atoms with Gasteiger partial charge in [0.2, 0.25) is 5.91 Å². The first kappa shape index (κ1) is 23.8. The van der Waals surface area contributed by atoms with Crippen molar-refractivity contribution in [1.29, 1.82) is 0 Å². The molecule has 0 unspecified atom stereocenters.